The summed E-state index contributed by atoms with van der Waals surface area (Å²) in [6, 6.07) is 7.60. The Morgan fingerprint density at radius 3 is 2.10 bits per heavy atom. The van der Waals surface area contributed by atoms with E-state index >= 15 is 0 Å². The fourth-order valence-electron chi connectivity index (χ4n) is 0.475. The Kier molecular flexibility index (Phi) is 4.58. The van der Waals surface area contributed by atoms with E-state index in [9.17, 15) is 0 Å². The molecule has 0 fully saturated rings. The Balaban J connectivity index is 0.000000371. The maximum atomic E-state index is 8.00. The Labute approximate surface area is 68.2 Å². The minimum Gasteiger partial charge on any atom is -0.398 e. The van der Waals surface area contributed by atoms with Gasteiger partial charge in [-0.15, -0.1) is 0 Å². The number of carbonyl (C=O) groups excluding carboxylic acids is 1. The highest BCUT2D eigenvalue weighted by Gasteiger charge is 1.86. The molecule has 10 heavy (non-hydrogen) atoms. The molecule has 1 aromatic rings. The van der Waals surface area contributed by atoms with Gasteiger partial charge in [0.25, 0.3) is 0 Å². The summed E-state index contributed by atoms with van der Waals surface area (Å²) in [6.07, 6.45) is 0. The number of para-hydroxylation sites is 1. The number of halogens is 1. The van der Waals surface area contributed by atoms with Crippen LogP contribution in [0.5, 0.6) is 0 Å². The largest absolute Gasteiger partial charge is 0.398 e. The zero-order chi connectivity index (χ0) is 7.98. The fraction of sp³-hybridized carbons (Fsp3) is 0. The van der Waals surface area contributed by atoms with E-state index in [1.165, 1.54) is 0 Å². The summed E-state index contributed by atoms with van der Waals surface area (Å²) in [5.74, 6) is 0. The maximum absolute atomic E-state index is 8.00. The van der Waals surface area contributed by atoms with Crippen molar-refractivity contribution in [3.8, 4) is 0 Å². The van der Waals surface area contributed by atoms with E-state index in [1.54, 1.807) is 0 Å². The quantitative estimate of drug-likeness (QED) is 0.652. The molecular formula is C7H8BrNO. The number of nitrogen functional groups attached to an aromatic ring is 1. The molecule has 0 saturated carbocycles. The minimum atomic E-state index is 0.785. The standard InChI is InChI=1S/C6H6BrN.CH2O/c7-5-3-1-2-4-6(5)8;1-2/h1-4H,8H2;1H2. The van der Waals surface area contributed by atoms with Crippen molar-refractivity contribution >= 4 is 28.4 Å². The zero-order valence-corrected chi connectivity index (χ0v) is 6.97. The average Bonchev–Trinajstić information content (AvgIpc) is 2.00. The van der Waals surface area contributed by atoms with Gasteiger partial charge in [-0.05, 0) is 28.1 Å². The van der Waals surface area contributed by atoms with Gasteiger partial charge in [0.15, 0.2) is 0 Å². The van der Waals surface area contributed by atoms with Gasteiger partial charge in [-0.1, -0.05) is 12.1 Å². The second-order valence-electron chi connectivity index (χ2n) is 1.52. The lowest BCUT2D eigenvalue weighted by Crippen LogP contribution is -1.82. The lowest BCUT2D eigenvalue weighted by Gasteiger charge is -1.91. The molecule has 0 atom stereocenters. The number of hydrogen-bond acceptors (Lipinski definition) is 2. The van der Waals surface area contributed by atoms with Crippen LogP contribution in [0.25, 0.3) is 0 Å². The number of rotatable bonds is 0. The highest BCUT2D eigenvalue weighted by atomic mass is 79.9. The second kappa shape index (κ2) is 4.99. The Bertz CT molecular complexity index is 182. The highest BCUT2D eigenvalue weighted by Crippen LogP contribution is 2.16. The predicted molar refractivity (Wildman–Crippen MR) is 45.7 cm³/mol. The number of nitrogens with two attached hydrogens (primary N) is 1. The Hall–Kier alpha value is -0.830. The van der Waals surface area contributed by atoms with Gasteiger partial charge < -0.3 is 10.5 Å². The van der Waals surface area contributed by atoms with Gasteiger partial charge >= 0.3 is 0 Å². The second-order valence-corrected chi connectivity index (χ2v) is 2.38. The Morgan fingerprint density at radius 2 is 1.80 bits per heavy atom. The topological polar surface area (TPSA) is 43.1 Å². The monoisotopic (exact) mass is 201 g/mol. The van der Waals surface area contributed by atoms with Gasteiger partial charge in [-0.3, -0.25) is 0 Å². The van der Waals surface area contributed by atoms with Crippen LogP contribution in [0.15, 0.2) is 28.7 Å². The molecular weight excluding hydrogens is 194 g/mol. The third-order valence-electron chi connectivity index (χ3n) is 0.905. The first kappa shape index (κ1) is 9.17. The molecule has 0 aliphatic heterocycles. The van der Waals surface area contributed by atoms with Crippen LogP contribution in [0, 0.1) is 0 Å². The molecule has 0 aliphatic rings. The summed E-state index contributed by atoms with van der Waals surface area (Å²) >= 11 is 3.27. The van der Waals surface area contributed by atoms with Crippen LogP contribution >= 0.6 is 15.9 Å². The molecule has 54 valence electrons. The molecule has 0 spiro atoms. The molecule has 0 aliphatic carbocycles. The van der Waals surface area contributed by atoms with Crippen LogP contribution in [-0.2, 0) is 4.79 Å². The first-order chi connectivity index (χ1) is 4.80. The van der Waals surface area contributed by atoms with Crippen LogP contribution in [-0.4, -0.2) is 6.79 Å². The van der Waals surface area contributed by atoms with Crippen molar-refractivity contribution in [2.24, 2.45) is 0 Å². The van der Waals surface area contributed by atoms with E-state index in [4.69, 9.17) is 10.5 Å². The van der Waals surface area contributed by atoms with Gasteiger partial charge in [0.1, 0.15) is 6.79 Å². The van der Waals surface area contributed by atoms with Crippen LogP contribution < -0.4 is 5.73 Å². The molecule has 0 amide bonds. The zero-order valence-electron chi connectivity index (χ0n) is 5.38. The van der Waals surface area contributed by atoms with Crippen molar-refractivity contribution < 1.29 is 4.79 Å². The smallest absolute Gasteiger partial charge is 0.106 e. The molecule has 1 rings (SSSR count). The molecule has 0 unspecified atom stereocenters. The minimum absolute atomic E-state index is 0.785. The van der Waals surface area contributed by atoms with Gasteiger partial charge in [0, 0.05) is 10.2 Å². The number of anilines is 1. The maximum Gasteiger partial charge on any atom is 0.106 e. The Morgan fingerprint density at radius 1 is 1.30 bits per heavy atom. The fourth-order valence-corrected chi connectivity index (χ4v) is 0.760. The van der Waals surface area contributed by atoms with Gasteiger partial charge in [0.2, 0.25) is 0 Å². The number of carbonyl (C=O) groups is 1. The summed E-state index contributed by atoms with van der Waals surface area (Å²) in [5, 5.41) is 0. The van der Waals surface area contributed by atoms with Crippen molar-refractivity contribution in [2.75, 3.05) is 5.73 Å². The summed E-state index contributed by atoms with van der Waals surface area (Å²) in [6.45, 7) is 2.00. The van der Waals surface area contributed by atoms with Crippen molar-refractivity contribution in [3.05, 3.63) is 28.7 Å². The first-order valence-corrected chi connectivity index (χ1v) is 3.39. The normalized spacial score (nSPS) is 7.70. The molecule has 1 aromatic carbocycles. The molecule has 0 radical (unpaired) electrons. The molecule has 0 bridgehead atoms. The molecule has 0 heterocycles. The van der Waals surface area contributed by atoms with E-state index in [2.05, 4.69) is 15.9 Å². The van der Waals surface area contributed by atoms with Gasteiger partial charge in [-0.25, -0.2) is 0 Å². The molecule has 0 saturated heterocycles. The lowest BCUT2D eigenvalue weighted by molar-refractivity contribution is -0.0979. The van der Waals surface area contributed by atoms with Gasteiger partial charge in [0.05, 0.1) is 0 Å². The third kappa shape index (κ3) is 2.64. The van der Waals surface area contributed by atoms with Crippen LogP contribution in [0.4, 0.5) is 5.69 Å². The molecule has 2 N–H and O–H groups in total. The van der Waals surface area contributed by atoms with E-state index in [1.807, 2.05) is 31.1 Å². The summed E-state index contributed by atoms with van der Waals surface area (Å²) in [7, 11) is 0. The van der Waals surface area contributed by atoms with Gasteiger partial charge in [-0.2, -0.15) is 0 Å². The van der Waals surface area contributed by atoms with Crippen LogP contribution in [0.3, 0.4) is 0 Å². The molecule has 3 heteroatoms. The first-order valence-electron chi connectivity index (χ1n) is 2.59. The summed E-state index contributed by atoms with van der Waals surface area (Å²) in [4.78, 5) is 8.00. The van der Waals surface area contributed by atoms with Crippen molar-refractivity contribution in [1.82, 2.24) is 0 Å². The molecule has 0 aromatic heterocycles. The van der Waals surface area contributed by atoms with E-state index in [0.29, 0.717) is 0 Å². The summed E-state index contributed by atoms with van der Waals surface area (Å²) < 4.78 is 0.958. The van der Waals surface area contributed by atoms with E-state index < -0.39 is 0 Å². The third-order valence-corrected chi connectivity index (χ3v) is 1.63. The van der Waals surface area contributed by atoms with E-state index in [0.717, 1.165) is 10.2 Å². The average molecular weight is 202 g/mol. The van der Waals surface area contributed by atoms with Crippen LogP contribution in [0.1, 0.15) is 0 Å². The lowest BCUT2D eigenvalue weighted by atomic mass is 10.3. The molecule has 2 nitrogen and oxygen atoms in total. The van der Waals surface area contributed by atoms with E-state index in [-0.39, 0.29) is 0 Å². The van der Waals surface area contributed by atoms with Crippen molar-refractivity contribution in [3.63, 3.8) is 0 Å². The predicted octanol–water partition coefficient (Wildman–Crippen LogP) is 1.85. The summed E-state index contributed by atoms with van der Waals surface area (Å²) in [5.41, 5.74) is 6.26. The van der Waals surface area contributed by atoms with Crippen molar-refractivity contribution in [2.45, 2.75) is 0 Å². The SMILES string of the molecule is C=O.Nc1ccccc1Br. The highest BCUT2D eigenvalue weighted by molar-refractivity contribution is 9.10. The number of hydrogen-bond donors (Lipinski definition) is 1. The number of benzene rings is 1. The van der Waals surface area contributed by atoms with Crippen LogP contribution in [0.2, 0.25) is 0 Å². The van der Waals surface area contributed by atoms with Crippen molar-refractivity contribution in [1.29, 1.82) is 0 Å².